The van der Waals surface area contributed by atoms with Gasteiger partial charge in [0.25, 0.3) is 0 Å². The normalized spacial score (nSPS) is 11.3. The molecule has 0 radical (unpaired) electrons. The molecule has 0 aliphatic heterocycles. The number of carbonyl (C=O) groups is 1. The summed E-state index contributed by atoms with van der Waals surface area (Å²) in [5.41, 5.74) is 0.440. The summed E-state index contributed by atoms with van der Waals surface area (Å²) in [6, 6.07) is 9.28. The van der Waals surface area contributed by atoms with Crippen molar-refractivity contribution in [3.63, 3.8) is 0 Å². The smallest absolute Gasteiger partial charge is 0.244 e. The summed E-state index contributed by atoms with van der Waals surface area (Å²) < 4.78 is 64.9. The lowest BCUT2D eigenvalue weighted by atomic mass is 10.3. The Morgan fingerprint density at radius 2 is 1.61 bits per heavy atom. The van der Waals surface area contributed by atoms with Crippen LogP contribution in [0.1, 0.15) is 0 Å². The molecular weight excluding hydrogens is 333 g/mol. The van der Waals surface area contributed by atoms with Gasteiger partial charge in [-0.15, -0.1) is 0 Å². The molecule has 0 heterocycles. The summed E-state index contributed by atoms with van der Waals surface area (Å²) in [4.78, 5) is 10.6. The monoisotopic (exact) mass is 344 g/mol. The molecule has 0 atom stereocenters. The Kier molecular flexibility index (Phi) is 5.02. The van der Waals surface area contributed by atoms with E-state index in [1.165, 1.54) is 0 Å². The van der Waals surface area contributed by atoms with E-state index < -0.39 is 44.8 Å². The summed E-state index contributed by atoms with van der Waals surface area (Å²) in [6.07, 6.45) is 0. The quantitative estimate of drug-likeness (QED) is 0.815. The molecular formula is C14H11F3N2O3S. The minimum Gasteiger partial charge on any atom is -0.325 e. The molecule has 2 N–H and O–H groups in total. The highest BCUT2D eigenvalue weighted by atomic mass is 32.2. The largest absolute Gasteiger partial charge is 0.325 e. The van der Waals surface area contributed by atoms with Crippen LogP contribution in [-0.4, -0.2) is 20.9 Å². The van der Waals surface area contributed by atoms with Gasteiger partial charge >= 0.3 is 0 Å². The van der Waals surface area contributed by atoms with Crippen LogP contribution >= 0.6 is 0 Å². The van der Waals surface area contributed by atoms with Crippen molar-refractivity contribution in [1.82, 2.24) is 4.72 Å². The predicted molar refractivity (Wildman–Crippen MR) is 76.6 cm³/mol. The standard InChI is InChI=1S/C14H11F3N2O3S/c15-10-6-7-11(14(17)13(10)16)23(21,22)18-8-12(20)19-9-4-2-1-3-5-9/h1-7,18H,8H2,(H,19,20). The van der Waals surface area contributed by atoms with Gasteiger partial charge in [0.2, 0.25) is 15.9 Å². The molecule has 0 fully saturated rings. The second kappa shape index (κ2) is 6.80. The Morgan fingerprint density at radius 1 is 0.957 bits per heavy atom. The number of anilines is 1. The van der Waals surface area contributed by atoms with E-state index in [2.05, 4.69) is 5.32 Å². The van der Waals surface area contributed by atoms with Crippen LogP contribution in [0.25, 0.3) is 0 Å². The zero-order valence-corrected chi connectivity index (χ0v) is 12.3. The van der Waals surface area contributed by atoms with Crippen molar-refractivity contribution in [3.8, 4) is 0 Å². The average molecular weight is 344 g/mol. The van der Waals surface area contributed by atoms with Crippen molar-refractivity contribution < 1.29 is 26.4 Å². The molecule has 2 aromatic rings. The third kappa shape index (κ3) is 4.08. The van der Waals surface area contributed by atoms with Crippen molar-refractivity contribution in [2.24, 2.45) is 0 Å². The van der Waals surface area contributed by atoms with Gasteiger partial charge in [-0.1, -0.05) is 18.2 Å². The van der Waals surface area contributed by atoms with Gasteiger partial charge in [0.05, 0.1) is 6.54 Å². The molecule has 0 unspecified atom stereocenters. The van der Waals surface area contributed by atoms with Crippen molar-refractivity contribution in [2.75, 3.05) is 11.9 Å². The van der Waals surface area contributed by atoms with Gasteiger partial charge in [0, 0.05) is 5.69 Å². The van der Waals surface area contributed by atoms with Gasteiger partial charge in [-0.05, 0) is 24.3 Å². The molecule has 0 saturated heterocycles. The van der Waals surface area contributed by atoms with Crippen LogP contribution in [0, 0.1) is 17.5 Å². The SMILES string of the molecule is O=C(CNS(=O)(=O)c1ccc(F)c(F)c1F)Nc1ccccc1. The summed E-state index contributed by atoms with van der Waals surface area (Å²) >= 11 is 0. The molecule has 0 aliphatic carbocycles. The second-order valence-electron chi connectivity index (χ2n) is 4.41. The molecule has 122 valence electrons. The third-order valence-electron chi connectivity index (χ3n) is 2.77. The van der Waals surface area contributed by atoms with Crippen molar-refractivity contribution in [1.29, 1.82) is 0 Å². The minimum atomic E-state index is -4.51. The van der Waals surface area contributed by atoms with Gasteiger partial charge in [-0.25, -0.2) is 26.3 Å². The fraction of sp³-hybridized carbons (Fsp3) is 0.0714. The first-order chi connectivity index (χ1) is 10.8. The molecule has 2 rings (SSSR count). The third-order valence-corrected chi connectivity index (χ3v) is 4.19. The Balaban J connectivity index is 2.07. The highest BCUT2D eigenvalue weighted by Gasteiger charge is 2.24. The van der Waals surface area contributed by atoms with Crippen LogP contribution < -0.4 is 10.0 Å². The minimum absolute atomic E-state index is 0.440. The van der Waals surface area contributed by atoms with Gasteiger partial charge in [-0.3, -0.25) is 4.79 Å². The maximum atomic E-state index is 13.5. The highest BCUT2D eigenvalue weighted by molar-refractivity contribution is 7.89. The Hall–Kier alpha value is -2.39. The number of hydrogen-bond acceptors (Lipinski definition) is 3. The van der Waals surface area contributed by atoms with E-state index in [0.29, 0.717) is 17.8 Å². The summed E-state index contributed by atoms with van der Waals surface area (Å²) in [5, 5.41) is 2.41. The number of sulfonamides is 1. The average Bonchev–Trinajstić information content (AvgIpc) is 2.51. The Bertz CT molecular complexity index is 827. The van der Waals surface area contributed by atoms with Crippen LogP contribution in [-0.2, 0) is 14.8 Å². The van der Waals surface area contributed by atoms with E-state index in [9.17, 15) is 26.4 Å². The maximum absolute atomic E-state index is 13.5. The summed E-state index contributed by atoms with van der Waals surface area (Å²) in [5.74, 6) is -5.96. The lowest BCUT2D eigenvalue weighted by Gasteiger charge is -2.09. The molecule has 0 saturated carbocycles. The first-order valence-electron chi connectivity index (χ1n) is 6.29. The fourth-order valence-corrected chi connectivity index (χ4v) is 2.73. The summed E-state index contributed by atoms with van der Waals surface area (Å²) in [7, 11) is -4.51. The van der Waals surface area contributed by atoms with E-state index in [-0.39, 0.29) is 0 Å². The lowest BCUT2D eigenvalue weighted by molar-refractivity contribution is -0.115. The van der Waals surface area contributed by atoms with Crippen LogP contribution in [0.15, 0.2) is 47.4 Å². The molecule has 0 spiro atoms. The number of carbonyl (C=O) groups excluding carboxylic acids is 1. The van der Waals surface area contributed by atoms with Crippen LogP contribution in [0.2, 0.25) is 0 Å². The van der Waals surface area contributed by atoms with E-state index >= 15 is 0 Å². The van der Waals surface area contributed by atoms with Gasteiger partial charge < -0.3 is 5.32 Å². The zero-order valence-electron chi connectivity index (χ0n) is 11.5. The fourth-order valence-electron chi connectivity index (χ4n) is 1.68. The van der Waals surface area contributed by atoms with Crippen LogP contribution in [0.4, 0.5) is 18.9 Å². The molecule has 9 heteroatoms. The zero-order chi connectivity index (χ0) is 17.0. The molecule has 1 amide bonds. The van der Waals surface area contributed by atoms with E-state index in [4.69, 9.17) is 0 Å². The molecule has 0 aliphatic rings. The number of amides is 1. The van der Waals surface area contributed by atoms with Gasteiger partial charge in [0.1, 0.15) is 4.90 Å². The number of nitrogens with one attached hydrogen (secondary N) is 2. The van der Waals surface area contributed by atoms with E-state index in [1.807, 2.05) is 4.72 Å². The molecule has 0 bridgehead atoms. The van der Waals surface area contributed by atoms with E-state index in [0.717, 1.165) is 0 Å². The van der Waals surface area contributed by atoms with Crippen molar-refractivity contribution >= 4 is 21.6 Å². The van der Waals surface area contributed by atoms with Crippen LogP contribution in [0.5, 0.6) is 0 Å². The number of halogens is 3. The van der Waals surface area contributed by atoms with Crippen molar-refractivity contribution in [3.05, 3.63) is 59.9 Å². The topological polar surface area (TPSA) is 75.3 Å². The Labute approximate surface area is 130 Å². The molecule has 2 aromatic carbocycles. The summed E-state index contributed by atoms with van der Waals surface area (Å²) in [6.45, 7) is -0.699. The second-order valence-corrected chi connectivity index (χ2v) is 6.15. The predicted octanol–water partition coefficient (Wildman–Crippen LogP) is 2.02. The number of hydrogen-bond donors (Lipinski definition) is 2. The molecule has 23 heavy (non-hydrogen) atoms. The first kappa shape index (κ1) is 17.0. The maximum Gasteiger partial charge on any atom is 0.244 e. The lowest BCUT2D eigenvalue weighted by Crippen LogP contribution is -2.33. The van der Waals surface area contributed by atoms with Gasteiger partial charge in [-0.2, -0.15) is 0 Å². The Morgan fingerprint density at radius 3 is 2.26 bits per heavy atom. The highest BCUT2D eigenvalue weighted by Crippen LogP contribution is 2.19. The van der Waals surface area contributed by atoms with Crippen LogP contribution in [0.3, 0.4) is 0 Å². The molecule has 0 aromatic heterocycles. The van der Waals surface area contributed by atoms with Gasteiger partial charge in [0.15, 0.2) is 17.5 Å². The number of rotatable bonds is 5. The molecule has 5 nitrogen and oxygen atoms in total. The van der Waals surface area contributed by atoms with Crippen molar-refractivity contribution in [2.45, 2.75) is 4.90 Å². The number of benzene rings is 2. The van der Waals surface area contributed by atoms with E-state index in [1.54, 1.807) is 30.3 Å². The first-order valence-corrected chi connectivity index (χ1v) is 7.77. The number of para-hydroxylation sites is 1.